The lowest BCUT2D eigenvalue weighted by atomic mass is 10.1. The smallest absolute Gasteiger partial charge is 0.433 e. The molecule has 0 aromatic carbocycles. The van der Waals surface area contributed by atoms with Crippen LogP contribution in [0.25, 0.3) is 0 Å². The number of aromatic nitrogens is 2. The van der Waals surface area contributed by atoms with Gasteiger partial charge in [-0.25, -0.2) is 4.79 Å². The first kappa shape index (κ1) is 13.7. The van der Waals surface area contributed by atoms with Crippen molar-refractivity contribution in [3.8, 4) is 0 Å². The Morgan fingerprint density at radius 1 is 1.53 bits per heavy atom. The second-order valence-corrected chi connectivity index (χ2v) is 4.35. The van der Waals surface area contributed by atoms with E-state index in [9.17, 15) is 18.0 Å². The van der Waals surface area contributed by atoms with Gasteiger partial charge >= 0.3 is 12.1 Å². The number of nitrogens with zero attached hydrogens (tertiary/aromatic N) is 2. The summed E-state index contributed by atoms with van der Waals surface area (Å²) >= 11 is 5.73. The Morgan fingerprint density at radius 2 is 2.21 bits per heavy atom. The molecule has 0 spiro atoms. The predicted molar refractivity (Wildman–Crippen MR) is 60.9 cm³/mol. The summed E-state index contributed by atoms with van der Waals surface area (Å²) in [5.74, 6) is -1.67. The zero-order valence-corrected chi connectivity index (χ0v) is 10.1. The average molecular weight is 293 g/mol. The highest BCUT2D eigenvalue weighted by Gasteiger charge is 2.41. The Balaban J connectivity index is 2.53. The molecule has 1 N–H and O–H groups in total. The zero-order valence-electron chi connectivity index (χ0n) is 9.36. The van der Waals surface area contributed by atoms with Gasteiger partial charge in [-0.3, -0.25) is 4.68 Å². The Kier molecular flexibility index (Phi) is 3.40. The van der Waals surface area contributed by atoms with Crippen molar-refractivity contribution >= 4 is 17.6 Å². The Bertz CT molecular complexity index is 575. The molecule has 4 nitrogen and oxygen atoms in total. The van der Waals surface area contributed by atoms with E-state index in [1.165, 1.54) is 6.08 Å². The summed E-state index contributed by atoms with van der Waals surface area (Å²) in [5, 5.41) is 12.6. The summed E-state index contributed by atoms with van der Waals surface area (Å²) in [7, 11) is 0. The van der Waals surface area contributed by atoms with E-state index in [0.29, 0.717) is 10.9 Å². The summed E-state index contributed by atoms with van der Waals surface area (Å²) in [6.45, 7) is 0. The number of hydrogen-bond donors (Lipinski definition) is 1. The Hall–Kier alpha value is -1.76. The van der Waals surface area contributed by atoms with Crippen molar-refractivity contribution in [3.05, 3.63) is 40.7 Å². The van der Waals surface area contributed by atoms with Gasteiger partial charge in [-0.2, -0.15) is 18.3 Å². The van der Waals surface area contributed by atoms with E-state index in [4.69, 9.17) is 16.7 Å². The van der Waals surface area contributed by atoms with E-state index in [1.54, 1.807) is 12.2 Å². The third-order valence-electron chi connectivity index (χ3n) is 2.61. The average Bonchev–Trinajstić information content (AvgIpc) is 2.73. The molecular formula is C11H8ClF3N2O2. The first-order valence-corrected chi connectivity index (χ1v) is 5.60. The van der Waals surface area contributed by atoms with Gasteiger partial charge in [0, 0.05) is 5.03 Å². The number of halogens is 4. The van der Waals surface area contributed by atoms with Gasteiger partial charge in [0.1, 0.15) is 5.56 Å². The van der Waals surface area contributed by atoms with Crippen molar-refractivity contribution in [2.45, 2.75) is 18.6 Å². The van der Waals surface area contributed by atoms with Crippen LogP contribution in [-0.4, -0.2) is 20.9 Å². The van der Waals surface area contributed by atoms with E-state index >= 15 is 0 Å². The lowest BCUT2D eigenvalue weighted by Gasteiger charge is -2.19. The van der Waals surface area contributed by atoms with Gasteiger partial charge in [-0.1, -0.05) is 17.7 Å². The molecular weight excluding hydrogens is 285 g/mol. The molecule has 1 heterocycles. The number of allylic oxidation sites excluding steroid dienone is 4. The summed E-state index contributed by atoms with van der Waals surface area (Å²) in [4.78, 5) is 10.8. The number of aromatic carboxylic acids is 1. The first-order valence-electron chi connectivity index (χ1n) is 5.22. The van der Waals surface area contributed by atoms with Crippen LogP contribution in [0.1, 0.15) is 28.5 Å². The monoisotopic (exact) mass is 292 g/mol. The van der Waals surface area contributed by atoms with Gasteiger partial charge in [0.25, 0.3) is 0 Å². The normalized spacial score (nSPS) is 19.4. The van der Waals surface area contributed by atoms with Crippen LogP contribution in [0.2, 0.25) is 0 Å². The minimum Gasteiger partial charge on any atom is -0.478 e. The molecule has 102 valence electrons. The number of alkyl halides is 3. The van der Waals surface area contributed by atoms with E-state index in [2.05, 4.69) is 5.10 Å². The lowest BCUT2D eigenvalue weighted by Crippen LogP contribution is -2.21. The molecule has 1 aliphatic carbocycles. The van der Waals surface area contributed by atoms with E-state index < -0.39 is 29.4 Å². The van der Waals surface area contributed by atoms with Gasteiger partial charge in [0.2, 0.25) is 0 Å². The molecule has 1 aromatic heterocycles. The second-order valence-electron chi connectivity index (χ2n) is 3.91. The molecule has 8 heteroatoms. The first-order chi connectivity index (χ1) is 8.80. The number of hydrogen-bond acceptors (Lipinski definition) is 2. The van der Waals surface area contributed by atoms with Crippen LogP contribution >= 0.6 is 11.6 Å². The number of carbonyl (C=O) groups is 1. The number of rotatable bonds is 2. The highest BCUT2D eigenvalue weighted by atomic mass is 35.5. The molecule has 0 radical (unpaired) electrons. The van der Waals surface area contributed by atoms with Crippen LogP contribution in [0.15, 0.2) is 29.5 Å². The van der Waals surface area contributed by atoms with Crippen LogP contribution in [0, 0.1) is 0 Å². The van der Waals surface area contributed by atoms with Gasteiger partial charge in [-0.05, 0) is 18.6 Å². The molecule has 1 atom stereocenters. The highest BCUT2D eigenvalue weighted by Crippen LogP contribution is 2.35. The lowest BCUT2D eigenvalue weighted by molar-refractivity contribution is -0.145. The van der Waals surface area contributed by atoms with Crippen LogP contribution in [0.3, 0.4) is 0 Å². The molecule has 1 aromatic rings. The van der Waals surface area contributed by atoms with Crippen molar-refractivity contribution < 1.29 is 23.1 Å². The summed E-state index contributed by atoms with van der Waals surface area (Å²) < 4.78 is 39.5. The Morgan fingerprint density at radius 3 is 2.74 bits per heavy atom. The molecule has 0 amide bonds. The summed E-state index contributed by atoms with van der Waals surface area (Å²) in [5.41, 5.74) is -2.15. The van der Waals surface area contributed by atoms with Crippen LogP contribution in [0.4, 0.5) is 13.2 Å². The molecule has 0 aliphatic heterocycles. The maximum absolute atomic E-state index is 13.0. The minimum atomic E-state index is -4.80. The number of carboxylic acids is 1. The van der Waals surface area contributed by atoms with Crippen LogP contribution in [0.5, 0.6) is 0 Å². The standard InChI is InChI=1S/C11H8ClF3N2O2/c12-6-2-1-3-7(4-6)17-9(11(13,14)15)8(5-16-17)10(18)19/h1-2,4-5,7H,3H2,(H,18,19). The van der Waals surface area contributed by atoms with Gasteiger partial charge in [0.15, 0.2) is 5.69 Å². The zero-order chi connectivity index (χ0) is 14.2. The topological polar surface area (TPSA) is 55.1 Å². The Labute approximate surface area is 110 Å². The number of carboxylic acid groups (broad SMARTS) is 1. The fraction of sp³-hybridized carbons (Fsp3) is 0.273. The maximum atomic E-state index is 13.0. The van der Waals surface area contributed by atoms with Crippen molar-refractivity contribution in [1.29, 1.82) is 0 Å². The molecule has 0 saturated carbocycles. The van der Waals surface area contributed by atoms with E-state index in [1.807, 2.05) is 0 Å². The van der Waals surface area contributed by atoms with Crippen molar-refractivity contribution in [2.24, 2.45) is 0 Å². The third kappa shape index (κ3) is 2.65. The summed E-state index contributed by atoms with van der Waals surface area (Å²) in [6, 6.07) is -0.748. The predicted octanol–water partition coefficient (Wildman–Crippen LogP) is 3.22. The second kappa shape index (κ2) is 4.73. The molecule has 1 unspecified atom stereocenters. The van der Waals surface area contributed by atoms with Gasteiger partial charge in [0.05, 0.1) is 12.2 Å². The SMILES string of the molecule is O=C(O)c1cnn(C2C=C(Cl)C=CC2)c1C(F)(F)F. The van der Waals surface area contributed by atoms with Gasteiger partial charge in [-0.15, -0.1) is 0 Å². The minimum absolute atomic E-state index is 0.264. The van der Waals surface area contributed by atoms with E-state index in [0.717, 1.165) is 0 Å². The van der Waals surface area contributed by atoms with Crippen molar-refractivity contribution in [1.82, 2.24) is 9.78 Å². The fourth-order valence-electron chi connectivity index (χ4n) is 1.85. The maximum Gasteiger partial charge on any atom is 0.433 e. The molecule has 1 aliphatic rings. The largest absolute Gasteiger partial charge is 0.478 e. The third-order valence-corrected chi connectivity index (χ3v) is 2.87. The van der Waals surface area contributed by atoms with Crippen molar-refractivity contribution in [2.75, 3.05) is 0 Å². The molecule has 0 saturated heterocycles. The summed E-state index contributed by atoms with van der Waals surface area (Å²) in [6.07, 6.45) is 0.731. The van der Waals surface area contributed by atoms with E-state index in [-0.39, 0.29) is 11.5 Å². The molecule has 2 rings (SSSR count). The van der Waals surface area contributed by atoms with Crippen molar-refractivity contribution in [3.63, 3.8) is 0 Å². The highest BCUT2D eigenvalue weighted by molar-refractivity contribution is 6.31. The quantitative estimate of drug-likeness (QED) is 0.910. The molecule has 0 bridgehead atoms. The van der Waals surface area contributed by atoms with Gasteiger partial charge < -0.3 is 5.11 Å². The van der Waals surface area contributed by atoms with Crippen LogP contribution < -0.4 is 0 Å². The molecule has 0 fully saturated rings. The van der Waals surface area contributed by atoms with Crippen LogP contribution in [-0.2, 0) is 6.18 Å². The fourth-order valence-corrected chi connectivity index (χ4v) is 2.09. The molecule has 19 heavy (non-hydrogen) atoms.